The van der Waals surface area contributed by atoms with Gasteiger partial charge in [-0.15, -0.1) is 36.2 Å². The molecule has 0 aliphatic rings. The van der Waals surface area contributed by atoms with Gasteiger partial charge in [0, 0.05) is 24.0 Å². The monoisotopic (exact) mass is 381 g/mol. The second-order valence-electron chi connectivity index (χ2n) is 4.25. The van der Waals surface area contributed by atoms with Gasteiger partial charge in [-0.1, -0.05) is 29.8 Å². The smallest absolute Gasteiger partial charge is 0.226 e. The Morgan fingerprint density at radius 2 is 2.00 bits per heavy atom. The fourth-order valence-electron chi connectivity index (χ4n) is 1.70. The summed E-state index contributed by atoms with van der Waals surface area (Å²) < 4.78 is 0. The number of rotatable bonds is 6. The Kier molecular flexibility index (Phi) is 10.4. The highest BCUT2D eigenvalue weighted by Gasteiger charge is 2.10. The van der Waals surface area contributed by atoms with E-state index in [1.807, 2.05) is 36.7 Å². The van der Waals surface area contributed by atoms with Crippen molar-refractivity contribution in [2.45, 2.75) is 6.42 Å². The van der Waals surface area contributed by atoms with Crippen molar-refractivity contribution in [2.24, 2.45) is 0 Å². The lowest BCUT2D eigenvalue weighted by Gasteiger charge is -2.02. The highest BCUT2D eigenvalue weighted by molar-refractivity contribution is 7.13. The van der Waals surface area contributed by atoms with Crippen LogP contribution < -0.4 is 10.6 Å². The molecule has 0 unspecified atom stereocenters. The minimum Gasteiger partial charge on any atom is -0.354 e. The van der Waals surface area contributed by atoms with E-state index in [1.165, 1.54) is 11.3 Å². The molecule has 22 heavy (non-hydrogen) atoms. The van der Waals surface area contributed by atoms with E-state index in [-0.39, 0.29) is 30.7 Å². The number of likely N-dealkylation sites (N-methyl/N-ethyl adjacent to an activating group) is 1. The van der Waals surface area contributed by atoms with Crippen LogP contribution in [0.4, 0.5) is 0 Å². The molecule has 1 aromatic carbocycles. The van der Waals surface area contributed by atoms with Crippen LogP contribution in [-0.2, 0) is 11.2 Å². The number of nitrogens with zero attached hydrogens (tertiary/aromatic N) is 1. The van der Waals surface area contributed by atoms with Crippen LogP contribution in [0.25, 0.3) is 10.6 Å². The summed E-state index contributed by atoms with van der Waals surface area (Å²) in [5.74, 6) is -0.0174. The van der Waals surface area contributed by atoms with E-state index in [0.717, 1.165) is 22.8 Å². The molecule has 0 radical (unpaired) electrons. The molecule has 0 saturated heterocycles. The molecule has 0 spiro atoms. The molecule has 8 heteroatoms. The number of hydrogen-bond donors (Lipinski definition) is 2. The Morgan fingerprint density at radius 3 is 2.68 bits per heavy atom. The molecule has 0 saturated carbocycles. The summed E-state index contributed by atoms with van der Waals surface area (Å²) in [7, 11) is 1.85. The minimum absolute atomic E-state index is 0. The zero-order valence-corrected chi connectivity index (χ0v) is 15.2. The number of amides is 1. The number of carbonyl (C=O) groups excluding carboxylic acids is 1. The van der Waals surface area contributed by atoms with Crippen molar-refractivity contribution in [2.75, 3.05) is 20.1 Å². The third-order valence-corrected chi connectivity index (χ3v) is 3.95. The molecular weight excluding hydrogens is 365 g/mol. The Morgan fingerprint density at radius 1 is 1.27 bits per heavy atom. The van der Waals surface area contributed by atoms with Gasteiger partial charge in [-0.3, -0.25) is 4.79 Å². The van der Waals surface area contributed by atoms with E-state index >= 15 is 0 Å². The molecule has 1 aromatic heterocycles. The maximum Gasteiger partial charge on any atom is 0.226 e. The van der Waals surface area contributed by atoms with Crippen molar-refractivity contribution in [1.29, 1.82) is 0 Å². The van der Waals surface area contributed by atoms with Gasteiger partial charge in [0.15, 0.2) is 0 Å². The Bertz CT molecular complexity index is 592. The summed E-state index contributed by atoms with van der Waals surface area (Å²) in [5, 5.41) is 9.22. The molecule has 1 heterocycles. The SMILES string of the molecule is CNCCNC(=O)Cc1csc(-c2ccccc2Cl)n1.Cl.Cl. The fraction of sp³-hybridized carbons (Fsp3) is 0.286. The Labute approximate surface area is 151 Å². The van der Waals surface area contributed by atoms with Gasteiger partial charge < -0.3 is 10.6 Å². The predicted octanol–water partition coefficient (Wildman–Crippen LogP) is 3.19. The first kappa shape index (κ1) is 21.1. The van der Waals surface area contributed by atoms with Crippen LogP contribution in [0, 0.1) is 0 Å². The van der Waals surface area contributed by atoms with Crippen LogP contribution in [0.5, 0.6) is 0 Å². The number of hydrogen-bond acceptors (Lipinski definition) is 4. The number of carbonyl (C=O) groups is 1. The lowest BCUT2D eigenvalue weighted by molar-refractivity contribution is -0.120. The largest absolute Gasteiger partial charge is 0.354 e. The molecule has 2 N–H and O–H groups in total. The summed E-state index contributed by atoms with van der Waals surface area (Å²) in [6, 6.07) is 7.57. The van der Waals surface area contributed by atoms with Gasteiger partial charge >= 0.3 is 0 Å². The molecule has 4 nitrogen and oxygen atoms in total. The average molecular weight is 383 g/mol. The standard InChI is InChI=1S/C14H16ClN3OS.2ClH/c1-16-6-7-17-13(19)8-10-9-20-14(18-10)11-4-2-3-5-12(11)15;;/h2-5,9,16H,6-8H2,1H3,(H,17,19);2*1H. The van der Waals surface area contributed by atoms with Gasteiger partial charge in [0.25, 0.3) is 0 Å². The second-order valence-corrected chi connectivity index (χ2v) is 5.52. The van der Waals surface area contributed by atoms with Crippen LogP contribution in [-0.4, -0.2) is 31.0 Å². The molecule has 2 rings (SSSR count). The first-order valence-electron chi connectivity index (χ1n) is 6.31. The minimum atomic E-state index is -0.0174. The number of nitrogens with one attached hydrogen (secondary N) is 2. The quantitative estimate of drug-likeness (QED) is 0.754. The van der Waals surface area contributed by atoms with Crippen LogP contribution in [0.2, 0.25) is 5.02 Å². The zero-order chi connectivity index (χ0) is 14.4. The molecule has 1 amide bonds. The maximum atomic E-state index is 11.7. The number of aromatic nitrogens is 1. The van der Waals surface area contributed by atoms with Crippen molar-refractivity contribution in [1.82, 2.24) is 15.6 Å². The van der Waals surface area contributed by atoms with Gasteiger partial charge in [-0.2, -0.15) is 0 Å². The second kappa shape index (κ2) is 10.8. The molecule has 0 aliphatic carbocycles. The molecule has 0 fully saturated rings. The zero-order valence-electron chi connectivity index (χ0n) is 12.0. The Balaban J connectivity index is 0.00000220. The lowest BCUT2D eigenvalue weighted by atomic mass is 10.2. The van der Waals surface area contributed by atoms with Crippen LogP contribution >= 0.6 is 47.8 Å². The third kappa shape index (κ3) is 6.10. The number of halogens is 3. The highest BCUT2D eigenvalue weighted by Crippen LogP contribution is 2.30. The molecule has 0 aliphatic heterocycles. The first-order chi connectivity index (χ1) is 9.70. The molecule has 0 atom stereocenters. The summed E-state index contributed by atoms with van der Waals surface area (Å²) >= 11 is 7.64. The Hall–Kier alpha value is -0.850. The van der Waals surface area contributed by atoms with Gasteiger partial charge in [0.2, 0.25) is 5.91 Å². The van der Waals surface area contributed by atoms with Crippen molar-refractivity contribution < 1.29 is 4.79 Å². The van der Waals surface area contributed by atoms with Gasteiger partial charge in [0.1, 0.15) is 5.01 Å². The van der Waals surface area contributed by atoms with E-state index in [0.29, 0.717) is 18.0 Å². The fourth-order valence-corrected chi connectivity index (χ4v) is 2.84. The van der Waals surface area contributed by atoms with Crippen molar-refractivity contribution in [3.63, 3.8) is 0 Å². The summed E-state index contributed by atoms with van der Waals surface area (Å²) in [6.07, 6.45) is 0.296. The third-order valence-electron chi connectivity index (χ3n) is 2.69. The van der Waals surface area contributed by atoms with Crippen LogP contribution in [0.15, 0.2) is 29.6 Å². The first-order valence-corrected chi connectivity index (χ1v) is 7.57. The number of thiazole rings is 1. The summed E-state index contributed by atoms with van der Waals surface area (Å²) in [6.45, 7) is 1.38. The van der Waals surface area contributed by atoms with Crippen LogP contribution in [0.1, 0.15) is 5.69 Å². The summed E-state index contributed by atoms with van der Waals surface area (Å²) in [4.78, 5) is 16.2. The van der Waals surface area contributed by atoms with Gasteiger partial charge in [0.05, 0.1) is 17.1 Å². The van der Waals surface area contributed by atoms with E-state index in [9.17, 15) is 4.79 Å². The van der Waals surface area contributed by atoms with Crippen molar-refractivity contribution in [3.8, 4) is 10.6 Å². The van der Waals surface area contributed by atoms with E-state index in [2.05, 4.69) is 15.6 Å². The normalized spacial score (nSPS) is 9.55. The van der Waals surface area contributed by atoms with E-state index in [4.69, 9.17) is 11.6 Å². The average Bonchev–Trinajstić information content (AvgIpc) is 2.88. The topological polar surface area (TPSA) is 54.0 Å². The lowest BCUT2D eigenvalue weighted by Crippen LogP contribution is -2.31. The van der Waals surface area contributed by atoms with Crippen LogP contribution in [0.3, 0.4) is 0 Å². The van der Waals surface area contributed by atoms with E-state index < -0.39 is 0 Å². The highest BCUT2D eigenvalue weighted by atomic mass is 35.5. The number of benzene rings is 1. The summed E-state index contributed by atoms with van der Waals surface area (Å²) in [5.41, 5.74) is 1.67. The molecule has 0 bridgehead atoms. The molecule has 2 aromatic rings. The van der Waals surface area contributed by atoms with E-state index in [1.54, 1.807) is 0 Å². The van der Waals surface area contributed by atoms with Gasteiger partial charge in [-0.05, 0) is 13.1 Å². The maximum absolute atomic E-state index is 11.7. The molecule has 122 valence electrons. The van der Waals surface area contributed by atoms with Gasteiger partial charge in [-0.25, -0.2) is 4.98 Å². The predicted molar refractivity (Wildman–Crippen MR) is 97.7 cm³/mol. The van der Waals surface area contributed by atoms with Crippen molar-refractivity contribution in [3.05, 3.63) is 40.4 Å². The molecular formula is C14H18Cl3N3OS. The van der Waals surface area contributed by atoms with Crippen molar-refractivity contribution >= 4 is 53.7 Å².